The first-order valence-corrected chi connectivity index (χ1v) is 22.3. The summed E-state index contributed by atoms with van der Waals surface area (Å²) in [7, 11) is 0. The number of hydrogen-bond acceptors (Lipinski definition) is 2. The molecule has 0 fully saturated rings. The molecule has 0 saturated carbocycles. The van der Waals surface area contributed by atoms with Crippen LogP contribution in [0.4, 0.5) is 22.7 Å². The zero-order chi connectivity index (χ0) is 44.5. The first-order valence-electron chi connectivity index (χ1n) is 22.3. The van der Waals surface area contributed by atoms with Gasteiger partial charge < -0.3 is 10.2 Å². The van der Waals surface area contributed by atoms with E-state index >= 15 is 0 Å². The Bertz CT molecular complexity index is 3120. The SMILES string of the molecule is C=C/C=C(\C=C/C)c1ccc(N(c2ccc(-c3ccccc3)cc2)c2ccc(-c3cccc(-c4ccc5c(c4)-c4ccccc4\C=C/C(C)=C(c4ccccc4C)\C=C\N5)c3)cc2)cc1. The minimum atomic E-state index is 1.06. The van der Waals surface area contributed by atoms with Crippen LogP contribution < -0.4 is 10.2 Å². The quantitative estimate of drug-likeness (QED) is 0.138. The van der Waals surface area contributed by atoms with Gasteiger partial charge in [0.2, 0.25) is 0 Å². The fourth-order valence-corrected chi connectivity index (χ4v) is 8.71. The molecule has 0 atom stereocenters. The summed E-state index contributed by atoms with van der Waals surface area (Å²) in [6.45, 7) is 10.3. The summed E-state index contributed by atoms with van der Waals surface area (Å²) in [5, 5.41) is 3.67. The highest BCUT2D eigenvalue weighted by Gasteiger charge is 2.16. The van der Waals surface area contributed by atoms with Crippen molar-refractivity contribution in [1.29, 1.82) is 0 Å². The van der Waals surface area contributed by atoms with Crippen LogP contribution in [0.5, 0.6) is 0 Å². The van der Waals surface area contributed by atoms with Crippen LogP contribution in [-0.2, 0) is 0 Å². The van der Waals surface area contributed by atoms with Crippen molar-refractivity contribution >= 4 is 40.0 Å². The van der Waals surface area contributed by atoms with Gasteiger partial charge in [0.1, 0.15) is 0 Å². The molecule has 8 aromatic rings. The van der Waals surface area contributed by atoms with Crippen molar-refractivity contribution in [1.82, 2.24) is 0 Å². The molecule has 0 spiro atoms. The number of fused-ring (bicyclic) bond motifs is 3. The van der Waals surface area contributed by atoms with Crippen LogP contribution in [0.1, 0.15) is 36.1 Å². The van der Waals surface area contributed by atoms with Gasteiger partial charge in [-0.3, -0.25) is 0 Å². The second-order valence-electron chi connectivity index (χ2n) is 16.4. The van der Waals surface area contributed by atoms with Crippen LogP contribution in [0.15, 0.2) is 249 Å². The number of benzene rings is 8. The Morgan fingerprint density at radius 3 is 1.72 bits per heavy atom. The molecular formula is C63H52N2. The minimum Gasteiger partial charge on any atom is -0.361 e. The Morgan fingerprint density at radius 1 is 0.492 bits per heavy atom. The summed E-state index contributed by atoms with van der Waals surface area (Å²) in [5.74, 6) is 0. The lowest BCUT2D eigenvalue weighted by molar-refractivity contribution is 1.28. The monoisotopic (exact) mass is 836 g/mol. The van der Waals surface area contributed by atoms with E-state index in [1.165, 1.54) is 44.5 Å². The van der Waals surface area contributed by atoms with Gasteiger partial charge in [0.15, 0.2) is 0 Å². The molecule has 314 valence electrons. The number of anilines is 4. The maximum absolute atomic E-state index is 3.94. The first kappa shape index (κ1) is 42.1. The van der Waals surface area contributed by atoms with Crippen molar-refractivity contribution in [3.8, 4) is 44.5 Å². The highest BCUT2D eigenvalue weighted by atomic mass is 15.1. The van der Waals surface area contributed by atoms with E-state index in [0.29, 0.717) is 0 Å². The minimum absolute atomic E-state index is 1.06. The third-order valence-electron chi connectivity index (χ3n) is 12.1. The third-order valence-corrected chi connectivity index (χ3v) is 12.1. The standard InChI is InChI=1S/C63H52N2/c1-5-15-47(16-6-2)49-27-34-56(35-28-49)65(57-36-29-50(30-37-57)48-18-8-7-9-19-48)58-38-31-51(32-39-58)53-21-14-22-54(43-53)55-33-40-63-62(44-55)61-24-13-11-20-52(61)26-25-46(4)60(41-42-64-63)59-23-12-10-17-45(59)3/h5-44,64H,1H2,2-4H3/b16-6-,26-25-,42-41+,47-15+,60-46+. The van der Waals surface area contributed by atoms with Gasteiger partial charge >= 0.3 is 0 Å². The molecule has 1 aliphatic heterocycles. The fraction of sp³-hybridized carbons (Fsp3) is 0.0476. The maximum Gasteiger partial charge on any atom is 0.0462 e. The molecule has 0 radical (unpaired) electrons. The summed E-state index contributed by atoms with van der Waals surface area (Å²) in [6, 6.07) is 70.0. The molecule has 8 aromatic carbocycles. The smallest absolute Gasteiger partial charge is 0.0462 e. The number of aryl methyl sites for hydroxylation is 1. The van der Waals surface area contributed by atoms with E-state index in [0.717, 1.165) is 61.7 Å². The molecule has 0 unspecified atom stereocenters. The van der Waals surface area contributed by atoms with Crippen molar-refractivity contribution in [3.63, 3.8) is 0 Å². The molecule has 2 nitrogen and oxygen atoms in total. The van der Waals surface area contributed by atoms with E-state index in [1.54, 1.807) is 0 Å². The first-order chi connectivity index (χ1) is 32.0. The molecule has 0 aromatic heterocycles. The van der Waals surface area contributed by atoms with Crippen molar-refractivity contribution in [2.24, 2.45) is 0 Å². The number of nitrogens with one attached hydrogen (secondary N) is 1. The molecule has 0 saturated heterocycles. The topological polar surface area (TPSA) is 15.3 Å². The lowest BCUT2D eigenvalue weighted by atomic mass is 9.92. The van der Waals surface area contributed by atoms with Crippen molar-refractivity contribution < 1.29 is 0 Å². The highest BCUT2D eigenvalue weighted by Crippen LogP contribution is 2.40. The Labute approximate surface area is 384 Å². The largest absolute Gasteiger partial charge is 0.361 e. The van der Waals surface area contributed by atoms with Crippen molar-refractivity contribution in [3.05, 3.63) is 271 Å². The molecule has 1 heterocycles. The zero-order valence-corrected chi connectivity index (χ0v) is 37.2. The second-order valence-corrected chi connectivity index (χ2v) is 16.4. The van der Waals surface area contributed by atoms with Gasteiger partial charge in [-0.15, -0.1) is 0 Å². The van der Waals surface area contributed by atoms with Gasteiger partial charge in [0, 0.05) is 34.5 Å². The zero-order valence-electron chi connectivity index (χ0n) is 37.2. The molecule has 0 amide bonds. The molecule has 0 bridgehead atoms. The number of hydrogen-bond donors (Lipinski definition) is 1. The van der Waals surface area contributed by atoms with Crippen molar-refractivity contribution in [2.45, 2.75) is 20.8 Å². The summed E-state index contributed by atoms with van der Waals surface area (Å²) in [6.07, 6.45) is 16.8. The van der Waals surface area contributed by atoms with Crippen LogP contribution >= 0.6 is 0 Å². The number of rotatable bonds is 10. The summed E-state index contributed by atoms with van der Waals surface area (Å²) in [5.41, 5.74) is 22.0. The molecule has 1 aliphatic rings. The Balaban J connectivity index is 1.04. The van der Waals surface area contributed by atoms with E-state index in [4.69, 9.17) is 0 Å². The average Bonchev–Trinajstić information content (AvgIpc) is 3.38. The van der Waals surface area contributed by atoms with E-state index in [-0.39, 0.29) is 0 Å². The Morgan fingerprint density at radius 2 is 1.05 bits per heavy atom. The predicted molar refractivity (Wildman–Crippen MR) is 281 cm³/mol. The van der Waals surface area contributed by atoms with Gasteiger partial charge in [-0.1, -0.05) is 183 Å². The maximum atomic E-state index is 3.94. The number of allylic oxidation sites excluding steroid dienone is 9. The van der Waals surface area contributed by atoms with E-state index in [9.17, 15) is 0 Å². The fourth-order valence-electron chi connectivity index (χ4n) is 8.71. The van der Waals surface area contributed by atoms with Crippen LogP contribution in [0.25, 0.3) is 61.7 Å². The summed E-state index contributed by atoms with van der Waals surface area (Å²) in [4.78, 5) is 2.33. The lowest BCUT2D eigenvalue weighted by Crippen LogP contribution is -2.09. The predicted octanol–water partition coefficient (Wildman–Crippen LogP) is 17.7. The molecule has 1 N–H and O–H groups in total. The average molecular weight is 837 g/mol. The summed E-state index contributed by atoms with van der Waals surface area (Å²) >= 11 is 0. The van der Waals surface area contributed by atoms with Gasteiger partial charge in [0.25, 0.3) is 0 Å². The molecule has 2 heteroatoms. The van der Waals surface area contributed by atoms with Crippen LogP contribution in [0.3, 0.4) is 0 Å². The Hall–Kier alpha value is -8.20. The van der Waals surface area contributed by atoms with Gasteiger partial charge in [-0.05, 0) is 159 Å². The van der Waals surface area contributed by atoms with E-state index in [2.05, 4.69) is 261 Å². The number of nitrogens with zero attached hydrogens (tertiary/aromatic N) is 1. The molecule has 9 rings (SSSR count). The van der Waals surface area contributed by atoms with Crippen LogP contribution in [0, 0.1) is 6.92 Å². The molecule has 0 aliphatic carbocycles. The van der Waals surface area contributed by atoms with Crippen molar-refractivity contribution in [2.75, 3.05) is 10.2 Å². The Kier molecular flexibility index (Phi) is 12.6. The van der Waals surface area contributed by atoms with Crippen LogP contribution in [0.2, 0.25) is 0 Å². The van der Waals surface area contributed by atoms with Gasteiger partial charge in [0.05, 0.1) is 0 Å². The molecular weight excluding hydrogens is 785 g/mol. The normalized spacial score (nSPS) is 14.7. The van der Waals surface area contributed by atoms with Crippen LogP contribution in [-0.4, -0.2) is 0 Å². The highest BCUT2D eigenvalue weighted by molar-refractivity contribution is 5.90. The lowest BCUT2D eigenvalue weighted by Gasteiger charge is -2.26. The van der Waals surface area contributed by atoms with Gasteiger partial charge in [-0.2, -0.15) is 0 Å². The third kappa shape index (κ3) is 9.30. The van der Waals surface area contributed by atoms with E-state index < -0.39 is 0 Å². The van der Waals surface area contributed by atoms with Gasteiger partial charge in [-0.25, -0.2) is 0 Å². The van der Waals surface area contributed by atoms with E-state index in [1.807, 2.05) is 19.1 Å². The molecule has 65 heavy (non-hydrogen) atoms. The summed E-state index contributed by atoms with van der Waals surface area (Å²) < 4.78 is 0. The second kappa shape index (κ2) is 19.5.